The van der Waals surface area contributed by atoms with Crippen LogP contribution in [0, 0.1) is 11.6 Å². The molecule has 0 radical (unpaired) electrons. The van der Waals surface area contributed by atoms with Crippen LogP contribution in [0.25, 0.3) is 0 Å². The smallest absolute Gasteiger partial charge is 0.213 e. The summed E-state index contributed by atoms with van der Waals surface area (Å²) in [6.45, 7) is 4.32. The molecule has 5 nitrogen and oxygen atoms in total. The number of hydrogen-bond acceptors (Lipinski definition) is 4. The molecule has 0 saturated carbocycles. The molecule has 1 aliphatic heterocycles. The van der Waals surface area contributed by atoms with E-state index in [9.17, 15) is 17.2 Å². The fourth-order valence-electron chi connectivity index (χ4n) is 2.51. The summed E-state index contributed by atoms with van der Waals surface area (Å²) in [5, 5.41) is 0.726. The Hall–Kier alpha value is -1.45. The van der Waals surface area contributed by atoms with Crippen molar-refractivity contribution in [3.05, 3.63) is 41.4 Å². The second-order valence-electron chi connectivity index (χ2n) is 5.87. The molecule has 2 aromatic rings. The van der Waals surface area contributed by atoms with Gasteiger partial charge >= 0.3 is 0 Å². The Morgan fingerprint density at radius 3 is 2.48 bits per heavy atom. The number of imidazole rings is 1. The summed E-state index contributed by atoms with van der Waals surface area (Å²) in [6.07, 6.45) is 0. The van der Waals surface area contributed by atoms with Gasteiger partial charge in [-0.25, -0.2) is 26.9 Å². The zero-order chi connectivity index (χ0) is 17.5. The lowest BCUT2D eigenvalue weighted by Crippen LogP contribution is -2.24. The van der Waals surface area contributed by atoms with Crippen molar-refractivity contribution in [3.8, 4) is 0 Å². The molecule has 1 aromatic heterocycles. The van der Waals surface area contributed by atoms with Crippen LogP contribution in [-0.4, -0.2) is 23.7 Å². The third kappa shape index (κ3) is 4.39. The molecule has 0 bridgehead atoms. The Balaban J connectivity index is 0.00000225. The first-order chi connectivity index (χ1) is 11.2. The van der Waals surface area contributed by atoms with E-state index in [0.717, 1.165) is 16.8 Å². The second-order valence-corrected chi connectivity index (χ2v) is 8.86. The van der Waals surface area contributed by atoms with Gasteiger partial charge in [0, 0.05) is 17.5 Å². The van der Waals surface area contributed by atoms with E-state index in [-0.39, 0.29) is 32.2 Å². The van der Waals surface area contributed by atoms with Gasteiger partial charge in [0.05, 0.1) is 18.0 Å². The van der Waals surface area contributed by atoms with Crippen LogP contribution < -0.4 is 4.72 Å². The molecule has 1 aromatic carbocycles. The van der Waals surface area contributed by atoms with E-state index >= 15 is 0 Å². The molecule has 2 heterocycles. The van der Waals surface area contributed by atoms with E-state index < -0.39 is 21.7 Å². The van der Waals surface area contributed by atoms with Crippen LogP contribution in [0.3, 0.4) is 0 Å². The fourth-order valence-corrected chi connectivity index (χ4v) is 4.68. The maximum Gasteiger partial charge on any atom is 0.213 e. The molecule has 138 valence electrons. The molecular formula is C16H21F2N3O2S2. The lowest BCUT2D eigenvalue weighted by Gasteiger charge is -2.11. The zero-order valence-electron chi connectivity index (χ0n) is 13.2. The average Bonchev–Trinajstić information content (AvgIpc) is 2.72. The van der Waals surface area contributed by atoms with Crippen molar-refractivity contribution in [2.45, 2.75) is 50.2 Å². The summed E-state index contributed by atoms with van der Waals surface area (Å²) in [5.74, 6) is -0.646. The third-order valence-corrected chi connectivity index (χ3v) is 6.06. The third-order valence-electron chi connectivity index (χ3n) is 3.66. The number of aromatic nitrogens is 2. The normalized spacial score (nSPS) is 16.2. The first-order valence-corrected chi connectivity index (χ1v) is 9.92. The Morgan fingerprint density at radius 1 is 1.24 bits per heavy atom. The lowest BCUT2D eigenvalue weighted by molar-refractivity contribution is 0.577. The molecule has 0 spiro atoms. The number of fused-ring (bicyclic) bond motifs is 1. The summed E-state index contributed by atoms with van der Waals surface area (Å²) in [7, 11) is -3.33. The predicted octanol–water partition coefficient (Wildman–Crippen LogP) is 3.51. The van der Waals surface area contributed by atoms with E-state index in [1.165, 1.54) is 23.9 Å². The monoisotopic (exact) mass is 389 g/mol. The van der Waals surface area contributed by atoms with Crippen molar-refractivity contribution >= 4 is 21.8 Å². The van der Waals surface area contributed by atoms with Crippen LogP contribution in [0.15, 0.2) is 28.1 Å². The van der Waals surface area contributed by atoms with Crippen molar-refractivity contribution in [1.29, 1.82) is 0 Å². The average molecular weight is 389 g/mol. The van der Waals surface area contributed by atoms with Crippen LogP contribution in [0.1, 0.15) is 38.7 Å². The molecule has 0 aliphatic carbocycles. The molecule has 9 heteroatoms. The number of nitrogens with zero attached hydrogens (tertiary/aromatic N) is 2. The molecule has 1 aliphatic rings. The highest BCUT2D eigenvalue weighted by molar-refractivity contribution is 7.99. The van der Waals surface area contributed by atoms with Gasteiger partial charge in [0.15, 0.2) is 0 Å². The topological polar surface area (TPSA) is 64.0 Å². The van der Waals surface area contributed by atoms with Gasteiger partial charge in [0.25, 0.3) is 0 Å². The summed E-state index contributed by atoms with van der Waals surface area (Å²) in [6, 6.07) is 3.33. The van der Waals surface area contributed by atoms with Gasteiger partial charge in [-0.1, -0.05) is 33.0 Å². The SMILES string of the molecule is C.CC(C)c1nc2n(c1Sc1cc(F)cc(F)c1)CCS(=O)(=O)NC2. The van der Waals surface area contributed by atoms with Crippen LogP contribution in [0.2, 0.25) is 0 Å². The minimum Gasteiger partial charge on any atom is -0.321 e. The number of hydrogen-bond donors (Lipinski definition) is 1. The predicted molar refractivity (Wildman–Crippen MR) is 94.2 cm³/mol. The maximum atomic E-state index is 13.5. The Bertz CT molecular complexity index is 859. The molecule has 0 atom stereocenters. The van der Waals surface area contributed by atoms with E-state index in [0.29, 0.717) is 10.7 Å². The second kappa shape index (κ2) is 7.43. The van der Waals surface area contributed by atoms with E-state index in [1.54, 1.807) is 0 Å². The number of nitrogens with one attached hydrogen (secondary N) is 1. The van der Waals surface area contributed by atoms with E-state index in [1.807, 2.05) is 18.4 Å². The van der Waals surface area contributed by atoms with Crippen molar-refractivity contribution in [3.63, 3.8) is 0 Å². The molecule has 0 amide bonds. The molecule has 1 N–H and O–H groups in total. The summed E-state index contributed by atoms with van der Waals surface area (Å²) in [5.41, 5.74) is 0.792. The highest BCUT2D eigenvalue weighted by Crippen LogP contribution is 2.36. The van der Waals surface area contributed by atoms with Crippen molar-refractivity contribution in [1.82, 2.24) is 14.3 Å². The van der Waals surface area contributed by atoms with Gasteiger partial charge in [0.1, 0.15) is 22.5 Å². The Morgan fingerprint density at radius 2 is 1.88 bits per heavy atom. The zero-order valence-corrected chi connectivity index (χ0v) is 14.8. The molecule has 0 fully saturated rings. The quantitative estimate of drug-likeness (QED) is 0.873. The number of halogens is 2. The van der Waals surface area contributed by atoms with Crippen LogP contribution in [-0.2, 0) is 23.1 Å². The highest BCUT2D eigenvalue weighted by Gasteiger charge is 2.25. The maximum absolute atomic E-state index is 13.5. The first-order valence-electron chi connectivity index (χ1n) is 7.46. The lowest BCUT2D eigenvalue weighted by atomic mass is 10.1. The molecular weight excluding hydrogens is 368 g/mol. The summed E-state index contributed by atoms with van der Waals surface area (Å²) >= 11 is 1.20. The van der Waals surface area contributed by atoms with Crippen LogP contribution >= 0.6 is 11.8 Å². The van der Waals surface area contributed by atoms with Crippen molar-refractivity contribution in [2.24, 2.45) is 0 Å². The standard InChI is InChI=1S/C15H17F2N3O2S2.CH4/c1-9(2)14-15(23-12-6-10(16)5-11(17)7-12)20-3-4-24(21,22)18-8-13(20)19-14;/h5-7,9,18H,3-4,8H2,1-2H3;1H4. The number of rotatable bonds is 3. The highest BCUT2D eigenvalue weighted by atomic mass is 32.2. The van der Waals surface area contributed by atoms with Gasteiger partial charge in [-0.3, -0.25) is 0 Å². The van der Waals surface area contributed by atoms with Gasteiger partial charge < -0.3 is 4.57 Å². The Kier molecular flexibility index (Phi) is 5.90. The number of sulfonamides is 1. The van der Waals surface area contributed by atoms with E-state index in [2.05, 4.69) is 9.71 Å². The van der Waals surface area contributed by atoms with Gasteiger partial charge in [-0.2, -0.15) is 0 Å². The van der Waals surface area contributed by atoms with Crippen molar-refractivity contribution < 1.29 is 17.2 Å². The Labute approximate surface area is 150 Å². The molecule has 25 heavy (non-hydrogen) atoms. The molecule has 0 saturated heterocycles. The van der Waals surface area contributed by atoms with Gasteiger partial charge in [-0.05, 0) is 18.1 Å². The minimum absolute atomic E-state index is 0. The van der Waals surface area contributed by atoms with Gasteiger partial charge in [-0.15, -0.1) is 0 Å². The minimum atomic E-state index is -3.33. The summed E-state index contributed by atoms with van der Waals surface area (Å²) < 4.78 is 54.7. The van der Waals surface area contributed by atoms with Gasteiger partial charge in [0.2, 0.25) is 10.0 Å². The molecule has 0 unspecified atom stereocenters. The van der Waals surface area contributed by atoms with Crippen LogP contribution in [0.5, 0.6) is 0 Å². The fraction of sp³-hybridized carbons (Fsp3) is 0.438. The van der Waals surface area contributed by atoms with Crippen molar-refractivity contribution in [2.75, 3.05) is 5.75 Å². The number of benzene rings is 1. The molecule has 3 rings (SSSR count). The van der Waals surface area contributed by atoms with E-state index in [4.69, 9.17) is 0 Å². The first kappa shape index (κ1) is 19.9. The largest absolute Gasteiger partial charge is 0.321 e. The van der Waals surface area contributed by atoms with Crippen LogP contribution in [0.4, 0.5) is 8.78 Å². The summed E-state index contributed by atoms with van der Waals surface area (Å²) in [4.78, 5) is 4.96.